The van der Waals surface area contributed by atoms with Crippen molar-refractivity contribution in [2.24, 2.45) is 0 Å². The van der Waals surface area contributed by atoms with Crippen LogP contribution in [0.3, 0.4) is 0 Å². The SMILES string of the molecule is O=C(NC1CC1)C1CCCCO1. The molecule has 0 aromatic rings. The molecule has 0 aromatic heterocycles. The standard InChI is InChI=1S/C9H15NO2/c11-9(10-7-4-5-7)8-3-1-2-6-12-8/h7-8H,1-6H2,(H,10,11). The molecule has 3 heteroatoms. The Kier molecular flexibility index (Phi) is 2.30. The van der Waals surface area contributed by atoms with Crippen LogP contribution in [0.15, 0.2) is 0 Å². The van der Waals surface area contributed by atoms with Crippen LogP contribution in [0.1, 0.15) is 32.1 Å². The van der Waals surface area contributed by atoms with Gasteiger partial charge >= 0.3 is 0 Å². The Morgan fingerprint density at radius 3 is 2.67 bits per heavy atom. The topological polar surface area (TPSA) is 38.3 Å². The molecule has 1 saturated heterocycles. The molecule has 1 aliphatic heterocycles. The molecular formula is C9H15NO2. The van der Waals surface area contributed by atoms with Crippen molar-refractivity contribution in [2.45, 2.75) is 44.2 Å². The van der Waals surface area contributed by atoms with Crippen molar-refractivity contribution in [3.8, 4) is 0 Å². The van der Waals surface area contributed by atoms with Gasteiger partial charge in [-0.2, -0.15) is 0 Å². The van der Waals surface area contributed by atoms with E-state index in [1.54, 1.807) is 0 Å². The summed E-state index contributed by atoms with van der Waals surface area (Å²) in [6.07, 6.45) is 5.28. The Morgan fingerprint density at radius 1 is 1.25 bits per heavy atom. The fourth-order valence-electron chi connectivity index (χ4n) is 1.47. The van der Waals surface area contributed by atoms with Gasteiger partial charge in [0.15, 0.2) is 0 Å². The second-order valence-electron chi connectivity index (χ2n) is 3.64. The highest BCUT2D eigenvalue weighted by molar-refractivity contribution is 5.81. The van der Waals surface area contributed by atoms with E-state index in [1.165, 1.54) is 0 Å². The Morgan fingerprint density at radius 2 is 2.08 bits per heavy atom. The zero-order chi connectivity index (χ0) is 8.39. The summed E-state index contributed by atoms with van der Waals surface area (Å²) in [5.74, 6) is 0.109. The maximum absolute atomic E-state index is 11.4. The lowest BCUT2D eigenvalue weighted by atomic mass is 10.1. The first kappa shape index (κ1) is 8.05. The van der Waals surface area contributed by atoms with Crippen LogP contribution in [0.2, 0.25) is 0 Å². The molecule has 0 radical (unpaired) electrons. The van der Waals surface area contributed by atoms with Crippen LogP contribution < -0.4 is 5.32 Å². The first-order valence-corrected chi connectivity index (χ1v) is 4.78. The van der Waals surface area contributed by atoms with E-state index in [4.69, 9.17) is 4.74 Å². The Balaban J connectivity index is 1.76. The van der Waals surface area contributed by atoms with E-state index in [0.717, 1.165) is 38.7 Å². The van der Waals surface area contributed by atoms with Crippen molar-refractivity contribution in [3.63, 3.8) is 0 Å². The van der Waals surface area contributed by atoms with Crippen molar-refractivity contribution in [2.75, 3.05) is 6.61 Å². The molecule has 2 fully saturated rings. The van der Waals surface area contributed by atoms with E-state index in [0.29, 0.717) is 6.04 Å². The highest BCUT2D eigenvalue weighted by Crippen LogP contribution is 2.20. The summed E-state index contributed by atoms with van der Waals surface area (Å²) in [6.45, 7) is 0.753. The molecule has 1 saturated carbocycles. The summed E-state index contributed by atoms with van der Waals surface area (Å²) in [6, 6.07) is 0.461. The Labute approximate surface area is 72.5 Å². The maximum atomic E-state index is 11.4. The van der Waals surface area contributed by atoms with Crippen LogP contribution in [-0.2, 0) is 9.53 Å². The minimum atomic E-state index is -0.153. The van der Waals surface area contributed by atoms with Crippen LogP contribution in [0.4, 0.5) is 0 Å². The zero-order valence-corrected chi connectivity index (χ0v) is 7.21. The van der Waals surface area contributed by atoms with Crippen molar-refractivity contribution < 1.29 is 9.53 Å². The Hall–Kier alpha value is -0.570. The summed E-state index contributed by atoms with van der Waals surface area (Å²) in [5, 5.41) is 2.96. The lowest BCUT2D eigenvalue weighted by Crippen LogP contribution is -2.39. The molecule has 0 spiro atoms. The zero-order valence-electron chi connectivity index (χ0n) is 7.21. The number of hydrogen-bond acceptors (Lipinski definition) is 2. The monoisotopic (exact) mass is 169 g/mol. The number of amides is 1. The molecule has 0 bridgehead atoms. The van der Waals surface area contributed by atoms with Crippen molar-refractivity contribution in [3.05, 3.63) is 0 Å². The smallest absolute Gasteiger partial charge is 0.249 e. The summed E-state index contributed by atoms with van der Waals surface area (Å²) >= 11 is 0. The minimum Gasteiger partial charge on any atom is -0.368 e. The molecule has 1 heterocycles. The summed E-state index contributed by atoms with van der Waals surface area (Å²) in [5.41, 5.74) is 0. The number of carbonyl (C=O) groups excluding carboxylic acids is 1. The van der Waals surface area contributed by atoms with E-state index < -0.39 is 0 Å². The van der Waals surface area contributed by atoms with E-state index in [2.05, 4.69) is 5.32 Å². The van der Waals surface area contributed by atoms with Gasteiger partial charge in [0, 0.05) is 12.6 Å². The lowest BCUT2D eigenvalue weighted by Gasteiger charge is -2.21. The third kappa shape index (κ3) is 1.97. The van der Waals surface area contributed by atoms with Gasteiger partial charge in [0.1, 0.15) is 6.10 Å². The average Bonchev–Trinajstić information content (AvgIpc) is 2.90. The minimum absolute atomic E-state index is 0.109. The molecule has 2 rings (SSSR count). The predicted molar refractivity (Wildman–Crippen MR) is 44.8 cm³/mol. The van der Waals surface area contributed by atoms with Crippen LogP contribution in [0.25, 0.3) is 0 Å². The average molecular weight is 169 g/mol. The van der Waals surface area contributed by atoms with E-state index in [1.807, 2.05) is 0 Å². The molecule has 1 atom stereocenters. The fourth-order valence-corrected chi connectivity index (χ4v) is 1.47. The largest absolute Gasteiger partial charge is 0.368 e. The molecule has 2 aliphatic rings. The van der Waals surface area contributed by atoms with Gasteiger partial charge in [0.2, 0.25) is 5.91 Å². The van der Waals surface area contributed by atoms with Crippen LogP contribution in [0, 0.1) is 0 Å². The van der Waals surface area contributed by atoms with Crippen molar-refractivity contribution in [1.29, 1.82) is 0 Å². The van der Waals surface area contributed by atoms with E-state index in [-0.39, 0.29) is 12.0 Å². The van der Waals surface area contributed by atoms with Gasteiger partial charge in [0.05, 0.1) is 0 Å². The quantitative estimate of drug-likeness (QED) is 0.665. The first-order chi connectivity index (χ1) is 5.86. The number of nitrogens with one attached hydrogen (secondary N) is 1. The summed E-state index contributed by atoms with van der Waals surface area (Å²) in [7, 11) is 0. The Bertz CT molecular complexity index is 171. The van der Waals surface area contributed by atoms with Crippen LogP contribution in [0.5, 0.6) is 0 Å². The number of ether oxygens (including phenoxy) is 1. The van der Waals surface area contributed by atoms with Crippen molar-refractivity contribution >= 4 is 5.91 Å². The molecule has 3 nitrogen and oxygen atoms in total. The van der Waals surface area contributed by atoms with Gasteiger partial charge in [-0.3, -0.25) is 4.79 Å². The number of rotatable bonds is 2. The van der Waals surface area contributed by atoms with Gasteiger partial charge in [-0.05, 0) is 32.1 Å². The first-order valence-electron chi connectivity index (χ1n) is 4.78. The lowest BCUT2D eigenvalue weighted by molar-refractivity contribution is -0.135. The van der Waals surface area contributed by atoms with E-state index >= 15 is 0 Å². The van der Waals surface area contributed by atoms with Gasteiger partial charge in [-0.15, -0.1) is 0 Å². The molecule has 1 amide bonds. The second-order valence-corrected chi connectivity index (χ2v) is 3.64. The molecule has 0 aromatic carbocycles. The molecular weight excluding hydrogens is 154 g/mol. The molecule has 1 aliphatic carbocycles. The third-order valence-corrected chi connectivity index (χ3v) is 2.40. The molecule has 68 valence electrons. The van der Waals surface area contributed by atoms with Crippen LogP contribution >= 0.6 is 0 Å². The predicted octanol–water partition coefficient (Wildman–Crippen LogP) is 0.834. The summed E-state index contributed by atoms with van der Waals surface area (Å²) in [4.78, 5) is 11.4. The summed E-state index contributed by atoms with van der Waals surface area (Å²) < 4.78 is 5.36. The van der Waals surface area contributed by atoms with Gasteiger partial charge < -0.3 is 10.1 Å². The van der Waals surface area contributed by atoms with Gasteiger partial charge in [0.25, 0.3) is 0 Å². The molecule has 1 unspecified atom stereocenters. The van der Waals surface area contributed by atoms with Gasteiger partial charge in [-0.25, -0.2) is 0 Å². The molecule has 1 N–H and O–H groups in total. The molecule has 12 heavy (non-hydrogen) atoms. The number of hydrogen-bond donors (Lipinski definition) is 1. The van der Waals surface area contributed by atoms with Crippen molar-refractivity contribution in [1.82, 2.24) is 5.32 Å². The van der Waals surface area contributed by atoms with Crippen LogP contribution in [-0.4, -0.2) is 24.7 Å². The normalized spacial score (nSPS) is 29.8. The van der Waals surface area contributed by atoms with E-state index in [9.17, 15) is 4.79 Å². The fraction of sp³-hybridized carbons (Fsp3) is 0.889. The number of carbonyl (C=O) groups is 1. The highest BCUT2D eigenvalue weighted by atomic mass is 16.5. The van der Waals surface area contributed by atoms with Gasteiger partial charge in [-0.1, -0.05) is 0 Å². The maximum Gasteiger partial charge on any atom is 0.249 e. The third-order valence-electron chi connectivity index (χ3n) is 2.40. The highest BCUT2D eigenvalue weighted by Gasteiger charge is 2.28. The second kappa shape index (κ2) is 3.44.